The summed E-state index contributed by atoms with van der Waals surface area (Å²) in [6.45, 7) is 0. The molecule has 0 saturated carbocycles. The van der Waals surface area contributed by atoms with Gasteiger partial charge in [-0.1, -0.05) is 11.8 Å². The number of sulfonamides is 1. The second kappa shape index (κ2) is 11.5. The molecule has 9 nitrogen and oxygen atoms in total. The average molecular weight is 539 g/mol. The number of benzene rings is 3. The molecule has 1 amide bonds. The summed E-state index contributed by atoms with van der Waals surface area (Å²) in [5.41, 5.74) is 4.01. The van der Waals surface area contributed by atoms with Crippen molar-refractivity contribution in [3.63, 3.8) is 0 Å². The van der Waals surface area contributed by atoms with Crippen molar-refractivity contribution >= 4 is 33.4 Å². The summed E-state index contributed by atoms with van der Waals surface area (Å²) in [4.78, 5) is 20.6. The van der Waals surface area contributed by atoms with Gasteiger partial charge < -0.3 is 19.8 Å². The van der Waals surface area contributed by atoms with E-state index in [4.69, 9.17) is 19.6 Å². The van der Waals surface area contributed by atoms with Crippen LogP contribution in [0.4, 0.5) is 5.69 Å². The van der Waals surface area contributed by atoms with E-state index in [9.17, 15) is 13.2 Å². The number of nitrogens with one attached hydrogen (secondary N) is 2. The Bertz CT molecular complexity index is 1400. The number of anilines is 1. The molecule has 0 fully saturated rings. The highest BCUT2D eigenvalue weighted by molar-refractivity contribution is 7.99. The van der Waals surface area contributed by atoms with Crippen LogP contribution in [0.15, 0.2) is 82.8 Å². The van der Waals surface area contributed by atoms with E-state index in [1.807, 2.05) is 48.5 Å². The summed E-state index contributed by atoms with van der Waals surface area (Å²) in [6.07, 6.45) is 0.234. The van der Waals surface area contributed by atoms with E-state index in [2.05, 4.69) is 10.3 Å². The lowest BCUT2D eigenvalue weighted by Crippen LogP contribution is -2.14. The molecule has 0 saturated heterocycles. The molecule has 1 heterocycles. The Morgan fingerprint density at radius 2 is 1.49 bits per heavy atom. The first-order chi connectivity index (χ1) is 17.8. The van der Waals surface area contributed by atoms with Gasteiger partial charge in [0.05, 0.1) is 30.5 Å². The summed E-state index contributed by atoms with van der Waals surface area (Å²) in [5, 5.41) is 8.54. The molecule has 0 aliphatic heterocycles. The van der Waals surface area contributed by atoms with Crippen molar-refractivity contribution < 1.29 is 22.7 Å². The van der Waals surface area contributed by atoms with Gasteiger partial charge in [-0.3, -0.25) is 4.79 Å². The number of primary sulfonamides is 1. The minimum Gasteiger partial charge on any atom is -0.497 e. The summed E-state index contributed by atoms with van der Waals surface area (Å²) >= 11 is 1.43. The molecule has 11 heteroatoms. The zero-order chi connectivity index (χ0) is 26.4. The number of nitrogens with two attached hydrogens (primary N) is 1. The highest BCUT2D eigenvalue weighted by Gasteiger charge is 2.16. The number of carbonyl (C=O) groups excluding carboxylic acids is 1. The zero-order valence-electron chi connectivity index (χ0n) is 20.2. The number of amides is 1. The van der Waals surface area contributed by atoms with Gasteiger partial charge in [0.25, 0.3) is 0 Å². The number of H-pyrrole nitrogens is 1. The van der Waals surface area contributed by atoms with E-state index in [1.54, 1.807) is 14.2 Å². The fourth-order valence-corrected chi connectivity index (χ4v) is 4.86. The van der Waals surface area contributed by atoms with Gasteiger partial charge >= 0.3 is 0 Å². The van der Waals surface area contributed by atoms with Gasteiger partial charge in [-0.05, 0) is 72.8 Å². The number of nitrogens with zero attached hydrogens (tertiary/aromatic N) is 1. The largest absolute Gasteiger partial charge is 0.497 e. The second-order valence-corrected chi connectivity index (χ2v) is 10.6. The third-order valence-electron chi connectivity index (χ3n) is 5.46. The van der Waals surface area contributed by atoms with E-state index >= 15 is 0 Å². The SMILES string of the molecule is COc1ccc(-c2nc(SCCC(=O)Nc3ccc(S(N)(=O)=O)cc3)[nH]c2-c2ccc(OC)cc2)cc1. The number of imidazole rings is 1. The van der Waals surface area contributed by atoms with Crippen molar-refractivity contribution in [2.75, 3.05) is 25.3 Å². The molecule has 0 radical (unpaired) electrons. The number of hydrogen-bond donors (Lipinski definition) is 3. The van der Waals surface area contributed by atoms with Gasteiger partial charge in [0.1, 0.15) is 11.5 Å². The smallest absolute Gasteiger partial charge is 0.238 e. The summed E-state index contributed by atoms with van der Waals surface area (Å²) < 4.78 is 33.3. The van der Waals surface area contributed by atoms with Crippen molar-refractivity contribution in [1.82, 2.24) is 9.97 Å². The number of carbonyl (C=O) groups is 1. The quantitative estimate of drug-likeness (QED) is 0.252. The van der Waals surface area contributed by atoms with E-state index in [1.165, 1.54) is 36.0 Å². The minimum absolute atomic E-state index is 0.0146. The fourth-order valence-electron chi connectivity index (χ4n) is 3.54. The van der Waals surface area contributed by atoms with Crippen LogP contribution in [0.25, 0.3) is 22.5 Å². The number of aromatic nitrogens is 2. The first kappa shape index (κ1) is 26.3. The number of hydrogen-bond acceptors (Lipinski definition) is 7. The topological polar surface area (TPSA) is 136 Å². The third kappa shape index (κ3) is 6.70. The van der Waals surface area contributed by atoms with Crippen molar-refractivity contribution in [3.05, 3.63) is 72.8 Å². The van der Waals surface area contributed by atoms with Crippen LogP contribution in [0.1, 0.15) is 6.42 Å². The van der Waals surface area contributed by atoms with Crippen LogP contribution in [0, 0.1) is 0 Å². The molecular formula is C26H26N4O5S2. The molecule has 0 atom stereocenters. The highest BCUT2D eigenvalue weighted by Crippen LogP contribution is 2.34. The van der Waals surface area contributed by atoms with E-state index < -0.39 is 10.0 Å². The predicted molar refractivity (Wildman–Crippen MR) is 144 cm³/mol. The second-order valence-electron chi connectivity index (χ2n) is 7.94. The van der Waals surface area contributed by atoms with Gasteiger partial charge in [0.2, 0.25) is 15.9 Å². The first-order valence-electron chi connectivity index (χ1n) is 11.2. The van der Waals surface area contributed by atoms with E-state index in [0.29, 0.717) is 16.6 Å². The normalized spacial score (nSPS) is 11.2. The standard InChI is InChI=1S/C26H26N4O5S2/c1-34-20-9-3-17(4-10-20)24-25(18-5-11-21(35-2)12-6-18)30-26(29-24)36-16-15-23(31)28-19-7-13-22(14-8-19)37(27,32)33/h3-14H,15-16H2,1-2H3,(H,28,31)(H,29,30)(H2,27,32,33). The van der Waals surface area contributed by atoms with Gasteiger partial charge in [0, 0.05) is 29.0 Å². The van der Waals surface area contributed by atoms with Crippen LogP contribution in [-0.2, 0) is 14.8 Å². The molecule has 0 spiro atoms. The number of aromatic amines is 1. The van der Waals surface area contributed by atoms with Crippen molar-refractivity contribution in [1.29, 1.82) is 0 Å². The molecular weight excluding hydrogens is 512 g/mol. The monoisotopic (exact) mass is 538 g/mol. The molecule has 192 valence electrons. The predicted octanol–water partition coefficient (Wildman–Crippen LogP) is 4.53. The molecule has 0 unspecified atom stereocenters. The fraction of sp³-hybridized carbons (Fsp3) is 0.154. The van der Waals surface area contributed by atoms with Crippen LogP contribution >= 0.6 is 11.8 Å². The van der Waals surface area contributed by atoms with Crippen LogP contribution < -0.4 is 19.9 Å². The Morgan fingerprint density at radius 3 is 2.03 bits per heavy atom. The van der Waals surface area contributed by atoms with Crippen LogP contribution in [-0.4, -0.2) is 44.3 Å². The molecule has 37 heavy (non-hydrogen) atoms. The van der Waals surface area contributed by atoms with Crippen molar-refractivity contribution in [2.24, 2.45) is 5.14 Å². The van der Waals surface area contributed by atoms with E-state index in [-0.39, 0.29) is 17.2 Å². The lowest BCUT2D eigenvalue weighted by molar-refractivity contribution is -0.115. The molecule has 0 bridgehead atoms. The number of methoxy groups -OCH3 is 2. The van der Waals surface area contributed by atoms with Crippen molar-refractivity contribution in [3.8, 4) is 34.0 Å². The highest BCUT2D eigenvalue weighted by atomic mass is 32.2. The Hall–Kier alpha value is -3.80. The Labute approximate surface area is 219 Å². The van der Waals surface area contributed by atoms with Crippen LogP contribution in [0.2, 0.25) is 0 Å². The number of thioether (sulfide) groups is 1. The molecule has 0 aliphatic carbocycles. The van der Waals surface area contributed by atoms with Crippen LogP contribution in [0.5, 0.6) is 11.5 Å². The lowest BCUT2D eigenvalue weighted by Gasteiger charge is -2.06. The summed E-state index contributed by atoms with van der Waals surface area (Å²) in [7, 11) is -0.535. The maximum Gasteiger partial charge on any atom is 0.238 e. The van der Waals surface area contributed by atoms with Gasteiger partial charge in [-0.2, -0.15) is 0 Å². The molecule has 1 aromatic heterocycles. The van der Waals surface area contributed by atoms with E-state index in [0.717, 1.165) is 34.0 Å². The minimum atomic E-state index is -3.78. The first-order valence-corrected chi connectivity index (χ1v) is 13.7. The molecule has 4 aromatic rings. The van der Waals surface area contributed by atoms with Gasteiger partial charge in [0.15, 0.2) is 5.16 Å². The molecule has 3 aromatic carbocycles. The Kier molecular flexibility index (Phi) is 8.17. The summed E-state index contributed by atoms with van der Waals surface area (Å²) in [5.74, 6) is 1.80. The average Bonchev–Trinajstić information content (AvgIpc) is 3.32. The maximum absolute atomic E-state index is 12.4. The third-order valence-corrected chi connectivity index (χ3v) is 7.26. The van der Waals surface area contributed by atoms with Gasteiger partial charge in [-0.25, -0.2) is 18.5 Å². The number of ether oxygens (including phenoxy) is 2. The zero-order valence-corrected chi connectivity index (χ0v) is 21.9. The Morgan fingerprint density at radius 1 is 0.919 bits per heavy atom. The maximum atomic E-state index is 12.4. The van der Waals surface area contributed by atoms with Gasteiger partial charge in [-0.15, -0.1) is 0 Å². The number of rotatable bonds is 10. The Balaban J connectivity index is 1.46. The molecule has 0 aliphatic rings. The summed E-state index contributed by atoms with van der Waals surface area (Å²) in [6, 6.07) is 21.1. The molecule has 4 N–H and O–H groups in total. The van der Waals surface area contributed by atoms with Crippen molar-refractivity contribution in [2.45, 2.75) is 16.5 Å². The lowest BCUT2D eigenvalue weighted by atomic mass is 10.0. The molecule has 4 rings (SSSR count). The van der Waals surface area contributed by atoms with Crippen LogP contribution in [0.3, 0.4) is 0 Å².